The van der Waals surface area contributed by atoms with Crippen molar-refractivity contribution in [1.29, 1.82) is 0 Å². The maximum atomic E-state index is 11.1. The van der Waals surface area contributed by atoms with E-state index in [9.17, 15) is 4.79 Å². The number of ketones is 1. The average molecular weight is 168 g/mol. The van der Waals surface area contributed by atoms with Crippen molar-refractivity contribution in [3.8, 4) is 0 Å². The second-order valence-corrected chi connectivity index (χ2v) is 2.58. The normalized spacial score (nSPS) is 10.2. The third kappa shape index (κ3) is 1.61. The fourth-order valence-corrected chi connectivity index (χ4v) is 0.881. The SMILES string of the molecule is CCC(=O)Cn1c(C)nnc1N. The lowest BCUT2D eigenvalue weighted by molar-refractivity contribution is -0.119. The Labute approximate surface area is 70.6 Å². The second-order valence-electron chi connectivity index (χ2n) is 2.58. The lowest BCUT2D eigenvalue weighted by atomic mass is 10.3. The Morgan fingerprint density at radius 3 is 2.67 bits per heavy atom. The van der Waals surface area contributed by atoms with E-state index in [4.69, 9.17) is 5.73 Å². The maximum Gasteiger partial charge on any atom is 0.222 e. The van der Waals surface area contributed by atoms with E-state index in [1.54, 1.807) is 11.5 Å². The molecule has 1 aromatic rings. The lowest BCUT2D eigenvalue weighted by Gasteiger charge is -2.02. The van der Waals surface area contributed by atoms with E-state index >= 15 is 0 Å². The molecule has 0 bridgehead atoms. The van der Waals surface area contributed by atoms with Crippen molar-refractivity contribution in [3.63, 3.8) is 0 Å². The summed E-state index contributed by atoms with van der Waals surface area (Å²) in [6.45, 7) is 3.87. The van der Waals surface area contributed by atoms with Crippen LogP contribution in [0.2, 0.25) is 0 Å². The van der Waals surface area contributed by atoms with Crippen molar-refractivity contribution in [3.05, 3.63) is 5.82 Å². The fourth-order valence-electron chi connectivity index (χ4n) is 0.881. The van der Waals surface area contributed by atoms with Crippen LogP contribution in [0.3, 0.4) is 0 Å². The number of nitrogens with two attached hydrogens (primary N) is 1. The fraction of sp³-hybridized carbons (Fsp3) is 0.571. The molecule has 0 aromatic carbocycles. The molecule has 0 unspecified atom stereocenters. The maximum absolute atomic E-state index is 11.1. The molecular formula is C7H12N4O. The van der Waals surface area contributed by atoms with Gasteiger partial charge in [0.2, 0.25) is 5.95 Å². The van der Waals surface area contributed by atoms with Crippen LogP contribution in [0, 0.1) is 6.92 Å². The Hall–Kier alpha value is -1.39. The van der Waals surface area contributed by atoms with Crippen molar-refractivity contribution >= 4 is 11.7 Å². The molecule has 0 fully saturated rings. The zero-order valence-electron chi connectivity index (χ0n) is 7.24. The second kappa shape index (κ2) is 3.34. The third-order valence-corrected chi connectivity index (χ3v) is 1.69. The van der Waals surface area contributed by atoms with Crippen LogP contribution in [0.25, 0.3) is 0 Å². The molecule has 0 amide bonds. The van der Waals surface area contributed by atoms with E-state index in [-0.39, 0.29) is 12.3 Å². The summed E-state index contributed by atoms with van der Waals surface area (Å²) in [6.07, 6.45) is 0.511. The number of nitrogens with zero attached hydrogens (tertiary/aromatic N) is 3. The van der Waals surface area contributed by atoms with Gasteiger partial charge < -0.3 is 5.73 Å². The van der Waals surface area contributed by atoms with Crippen molar-refractivity contribution in [2.75, 3.05) is 5.73 Å². The van der Waals surface area contributed by atoms with Gasteiger partial charge in [-0.1, -0.05) is 6.92 Å². The van der Waals surface area contributed by atoms with Crippen molar-refractivity contribution < 1.29 is 4.79 Å². The van der Waals surface area contributed by atoms with Gasteiger partial charge >= 0.3 is 0 Å². The van der Waals surface area contributed by atoms with Gasteiger partial charge in [-0.15, -0.1) is 10.2 Å². The van der Waals surface area contributed by atoms with Gasteiger partial charge in [-0.3, -0.25) is 9.36 Å². The molecule has 0 saturated carbocycles. The zero-order chi connectivity index (χ0) is 9.14. The van der Waals surface area contributed by atoms with Crippen LogP contribution < -0.4 is 5.73 Å². The number of aromatic nitrogens is 3. The van der Waals surface area contributed by atoms with Crippen LogP contribution in [0.1, 0.15) is 19.2 Å². The van der Waals surface area contributed by atoms with Gasteiger partial charge in [-0.05, 0) is 6.92 Å². The number of nitrogen functional groups attached to an aromatic ring is 1. The van der Waals surface area contributed by atoms with E-state index in [1.807, 2.05) is 6.92 Å². The molecule has 0 radical (unpaired) electrons. The minimum atomic E-state index is 0.129. The number of anilines is 1. The number of carbonyl (C=O) groups excluding carboxylic acids is 1. The molecule has 12 heavy (non-hydrogen) atoms. The summed E-state index contributed by atoms with van der Waals surface area (Å²) in [5, 5.41) is 7.38. The third-order valence-electron chi connectivity index (χ3n) is 1.69. The van der Waals surface area contributed by atoms with E-state index < -0.39 is 0 Å². The van der Waals surface area contributed by atoms with Crippen LogP contribution in [-0.4, -0.2) is 20.5 Å². The van der Waals surface area contributed by atoms with Gasteiger partial charge in [-0.2, -0.15) is 0 Å². The summed E-state index contributed by atoms with van der Waals surface area (Å²) < 4.78 is 1.60. The van der Waals surface area contributed by atoms with Crippen LogP contribution in [0.5, 0.6) is 0 Å². The molecule has 0 aliphatic rings. The number of Topliss-reactive ketones (excluding diaryl/α,β-unsaturated/α-hetero) is 1. The van der Waals surface area contributed by atoms with E-state index in [0.717, 1.165) is 0 Å². The number of hydrogen-bond donors (Lipinski definition) is 1. The highest BCUT2D eigenvalue weighted by molar-refractivity contribution is 5.78. The van der Waals surface area contributed by atoms with Crippen LogP contribution in [0.15, 0.2) is 0 Å². The Morgan fingerprint density at radius 1 is 1.58 bits per heavy atom. The predicted molar refractivity (Wildman–Crippen MR) is 44.5 cm³/mol. The van der Waals surface area contributed by atoms with Gasteiger partial charge in [0.15, 0.2) is 5.78 Å². The first-order chi connectivity index (χ1) is 5.65. The molecule has 2 N–H and O–H groups in total. The first-order valence-electron chi connectivity index (χ1n) is 3.82. The first-order valence-corrected chi connectivity index (χ1v) is 3.82. The summed E-state index contributed by atoms with van der Waals surface area (Å²) in [5.74, 6) is 1.10. The zero-order valence-corrected chi connectivity index (χ0v) is 7.24. The standard InChI is InChI=1S/C7H12N4O/c1-3-6(12)4-11-5(2)9-10-7(11)8/h3-4H2,1-2H3,(H2,8,10). The summed E-state index contributed by atoms with van der Waals surface area (Å²) in [7, 11) is 0. The van der Waals surface area contributed by atoms with Crippen molar-refractivity contribution in [2.45, 2.75) is 26.8 Å². The first kappa shape index (κ1) is 8.70. The molecule has 0 aliphatic carbocycles. The summed E-state index contributed by atoms with van der Waals surface area (Å²) >= 11 is 0. The van der Waals surface area contributed by atoms with Gasteiger partial charge in [0.25, 0.3) is 0 Å². The highest BCUT2D eigenvalue weighted by Crippen LogP contribution is 2.02. The monoisotopic (exact) mass is 168 g/mol. The molecule has 66 valence electrons. The molecule has 5 nitrogen and oxygen atoms in total. The topological polar surface area (TPSA) is 73.8 Å². The van der Waals surface area contributed by atoms with E-state index in [0.29, 0.717) is 18.2 Å². The molecule has 0 spiro atoms. The summed E-state index contributed by atoms with van der Waals surface area (Å²) in [6, 6.07) is 0. The van der Waals surface area contributed by atoms with Gasteiger partial charge in [0.05, 0.1) is 6.54 Å². The highest BCUT2D eigenvalue weighted by Gasteiger charge is 2.07. The molecule has 0 atom stereocenters. The number of aryl methyl sites for hydroxylation is 1. The molecule has 1 aromatic heterocycles. The molecule has 0 aliphatic heterocycles. The minimum absolute atomic E-state index is 0.129. The number of carbonyl (C=O) groups is 1. The van der Waals surface area contributed by atoms with Crippen molar-refractivity contribution in [2.24, 2.45) is 0 Å². The highest BCUT2D eigenvalue weighted by atomic mass is 16.1. The Balaban J connectivity index is 2.80. The quantitative estimate of drug-likeness (QED) is 0.697. The summed E-state index contributed by atoms with van der Waals surface area (Å²) in [5.41, 5.74) is 5.48. The Bertz CT molecular complexity index is 272. The number of rotatable bonds is 3. The van der Waals surface area contributed by atoms with Gasteiger partial charge in [0, 0.05) is 6.42 Å². The Morgan fingerprint density at radius 2 is 2.25 bits per heavy atom. The minimum Gasteiger partial charge on any atom is -0.368 e. The smallest absolute Gasteiger partial charge is 0.222 e. The predicted octanol–water partition coefficient (Wildman–Crippen LogP) is 0.148. The van der Waals surface area contributed by atoms with E-state index in [1.165, 1.54) is 0 Å². The molecule has 1 rings (SSSR count). The van der Waals surface area contributed by atoms with Crippen LogP contribution in [0.4, 0.5) is 5.95 Å². The molecule has 0 saturated heterocycles. The van der Waals surface area contributed by atoms with Crippen molar-refractivity contribution in [1.82, 2.24) is 14.8 Å². The van der Waals surface area contributed by atoms with Gasteiger partial charge in [0.1, 0.15) is 5.82 Å². The Kier molecular flexibility index (Phi) is 2.42. The van der Waals surface area contributed by atoms with Gasteiger partial charge in [-0.25, -0.2) is 0 Å². The average Bonchev–Trinajstić information content (AvgIpc) is 2.35. The summed E-state index contributed by atoms with van der Waals surface area (Å²) in [4.78, 5) is 11.1. The molecule has 1 heterocycles. The molecular weight excluding hydrogens is 156 g/mol. The number of hydrogen-bond acceptors (Lipinski definition) is 4. The lowest BCUT2D eigenvalue weighted by Crippen LogP contribution is -2.12. The van der Waals surface area contributed by atoms with Crippen LogP contribution >= 0.6 is 0 Å². The van der Waals surface area contributed by atoms with Crippen LogP contribution in [-0.2, 0) is 11.3 Å². The van der Waals surface area contributed by atoms with E-state index in [2.05, 4.69) is 10.2 Å². The molecule has 5 heteroatoms. The largest absolute Gasteiger partial charge is 0.368 e.